The molecule has 1 aromatic heterocycles. The summed E-state index contributed by atoms with van der Waals surface area (Å²) >= 11 is 0. The Balaban J connectivity index is 1.62. The van der Waals surface area contributed by atoms with Gasteiger partial charge in [-0.05, 0) is 57.2 Å². The van der Waals surface area contributed by atoms with Gasteiger partial charge in [0.05, 0.1) is 12.6 Å². The second-order valence-electron chi connectivity index (χ2n) is 9.47. The molecule has 2 fully saturated rings. The van der Waals surface area contributed by atoms with Gasteiger partial charge in [-0.2, -0.15) is 0 Å². The second kappa shape index (κ2) is 10.9. The van der Waals surface area contributed by atoms with Crippen LogP contribution >= 0.6 is 0 Å². The average Bonchev–Trinajstić information content (AvgIpc) is 3.10. The molecule has 0 amide bonds. The van der Waals surface area contributed by atoms with Gasteiger partial charge in [-0.25, -0.2) is 9.18 Å². The number of ether oxygens (including phenoxy) is 4. The molecule has 0 spiro atoms. The third kappa shape index (κ3) is 5.58. The van der Waals surface area contributed by atoms with Crippen LogP contribution in [0, 0.1) is 19.7 Å². The molecular weight excluding hydrogens is 491 g/mol. The Labute approximate surface area is 213 Å². The number of carbonyl (C=O) groups is 1. The number of aryl methyl sites for hydroxylation is 1. The molecule has 5 atom stereocenters. The molecule has 1 aliphatic carbocycles. The lowest BCUT2D eigenvalue weighted by Crippen LogP contribution is -2.67. The predicted octanol–water partition coefficient (Wildman–Crippen LogP) is 1.63. The molecule has 2 aromatic rings. The first-order chi connectivity index (χ1) is 17.5. The van der Waals surface area contributed by atoms with Crippen LogP contribution in [0.25, 0.3) is 0 Å². The molecule has 4 N–H and O–H groups in total. The Morgan fingerprint density at radius 3 is 2.57 bits per heavy atom. The first-order valence-corrected chi connectivity index (χ1v) is 12.3. The molecule has 1 aromatic carbocycles. The number of halogens is 1. The van der Waals surface area contributed by atoms with Crippen LogP contribution in [-0.4, -0.2) is 80.0 Å². The first kappa shape index (κ1) is 27.3. The molecule has 11 nitrogen and oxygen atoms in total. The zero-order chi connectivity index (χ0) is 26.9. The van der Waals surface area contributed by atoms with Crippen LogP contribution in [0.2, 0.25) is 0 Å². The number of aliphatic hydroxyl groups excluding tert-OH is 3. The van der Waals surface area contributed by atoms with Gasteiger partial charge in [0.25, 0.3) is 0 Å². The lowest BCUT2D eigenvalue weighted by atomic mass is 9.93. The van der Waals surface area contributed by atoms with Gasteiger partial charge in [0.15, 0.2) is 6.10 Å². The number of hydrogen-bond donors (Lipinski definition) is 4. The molecule has 4 rings (SSSR count). The first-order valence-electron chi connectivity index (χ1n) is 12.3. The number of aromatic nitrogens is 2. The normalized spacial score (nSPS) is 28.0. The van der Waals surface area contributed by atoms with Gasteiger partial charge >= 0.3 is 12.1 Å². The summed E-state index contributed by atoms with van der Waals surface area (Å²) in [6, 6.07) is 4.95. The van der Waals surface area contributed by atoms with Crippen molar-refractivity contribution in [3.63, 3.8) is 0 Å². The van der Waals surface area contributed by atoms with Crippen molar-refractivity contribution in [2.45, 2.75) is 82.9 Å². The standard InChI is InChI=1S/C25H33FN2O9/c1-4-34-24(32)35-12-19-20(29)21(30)22(31)25(33,36-19)37-23-17(10-15-9-8-13(2)18(26)11-15)14(3)28(27-23)16-6-5-7-16/h8-9,11,16,19-22,29-31,33H,4-7,10,12H2,1-3H3/t19-,20-,21+,22-,25-/m1/s1. The quantitative estimate of drug-likeness (QED) is 0.296. The van der Waals surface area contributed by atoms with Crippen molar-refractivity contribution in [2.24, 2.45) is 0 Å². The molecule has 0 bridgehead atoms. The highest BCUT2D eigenvalue weighted by atomic mass is 19.1. The summed E-state index contributed by atoms with van der Waals surface area (Å²) < 4.78 is 36.6. The van der Waals surface area contributed by atoms with Crippen LogP contribution in [0.3, 0.4) is 0 Å². The van der Waals surface area contributed by atoms with Crippen LogP contribution in [0.4, 0.5) is 9.18 Å². The van der Waals surface area contributed by atoms with E-state index in [2.05, 4.69) is 9.84 Å². The van der Waals surface area contributed by atoms with E-state index in [9.17, 15) is 29.6 Å². The minimum atomic E-state index is -2.85. The van der Waals surface area contributed by atoms with E-state index in [1.165, 1.54) is 6.07 Å². The largest absolute Gasteiger partial charge is 0.508 e. The van der Waals surface area contributed by atoms with Gasteiger partial charge in [-0.1, -0.05) is 12.1 Å². The highest BCUT2D eigenvalue weighted by Gasteiger charge is 2.56. The van der Waals surface area contributed by atoms with E-state index in [-0.39, 0.29) is 30.8 Å². The van der Waals surface area contributed by atoms with Crippen LogP contribution < -0.4 is 4.74 Å². The fraction of sp³-hybridized carbons (Fsp3) is 0.600. The number of aliphatic hydroxyl groups is 4. The van der Waals surface area contributed by atoms with Crippen LogP contribution in [-0.2, 0) is 20.6 Å². The van der Waals surface area contributed by atoms with E-state index >= 15 is 0 Å². The second-order valence-corrected chi connectivity index (χ2v) is 9.47. The van der Waals surface area contributed by atoms with Crippen LogP contribution in [0.5, 0.6) is 5.88 Å². The minimum Gasteiger partial charge on any atom is -0.435 e. The van der Waals surface area contributed by atoms with E-state index in [4.69, 9.17) is 14.2 Å². The summed E-state index contributed by atoms with van der Waals surface area (Å²) in [6.07, 6.45) is -5.15. The third-order valence-corrected chi connectivity index (χ3v) is 6.89. The maximum absolute atomic E-state index is 14.2. The van der Waals surface area contributed by atoms with E-state index in [0.29, 0.717) is 16.7 Å². The van der Waals surface area contributed by atoms with Crippen LogP contribution in [0.15, 0.2) is 18.2 Å². The third-order valence-electron chi connectivity index (χ3n) is 6.89. The number of carbonyl (C=O) groups excluding carboxylic acids is 1. The average molecular weight is 525 g/mol. The Hall–Kier alpha value is -2.77. The van der Waals surface area contributed by atoms with Gasteiger partial charge in [0.1, 0.15) is 30.7 Å². The van der Waals surface area contributed by atoms with Crippen molar-refractivity contribution in [2.75, 3.05) is 13.2 Å². The van der Waals surface area contributed by atoms with Gasteiger partial charge in [0.2, 0.25) is 5.88 Å². The summed E-state index contributed by atoms with van der Waals surface area (Å²) in [5, 5.41) is 47.0. The smallest absolute Gasteiger partial charge is 0.435 e. The lowest BCUT2D eigenvalue weighted by Gasteiger charge is -2.44. The molecule has 1 saturated carbocycles. The summed E-state index contributed by atoms with van der Waals surface area (Å²) in [6.45, 7) is 4.52. The van der Waals surface area contributed by atoms with Gasteiger partial charge in [-0.3, -0.25) is 4.68 Å². The molecule has 2 heterocycles. The molecule has 37 heavy (non-hydrogen) atoms. The Bertz CT molecular complexity index is 1120. The maximum atomic E-state index is 14.2. The zero-order valence-electron chi connectivity index (χ0n) is 21.0. The minimum absolute atomic E-state index is 0.0535. The number of rotatable bonds is 8. The summed E-state index contributed by atoms with van der Waals surface area (Å²) in [5.41, 5.74) is 2.40. The number of hydrogen-bond acceptors (Lipinski definition) is 10. The Kier molecular flexibility index (Phi) is 8.05. The Morgan fingerprint density at radius 2 is 1.95 bits per heavy atom. The van der Waals surface area contributed by atoms with E-state index in [0.717, 1.165) is 25.0 Å². The van der Waals surface area contributed by atoms with Crippen LogP contribution in [0.1, 0.15) is 54.6 Å². The number of nitrogens with zero attached hydrogens (tertiary/aromatic N) is 2. The topological polar surface area (TPSA) is 153 Å². The molecule has 204 valence electrons. The van der Waals surface area contributed by atoms with E-state index < -0.39 is 43.2 Å². The van der Waals surface area contributed by atoms with Crippen molar-refractivity contribution in [3.05, 3.63) is 46.4 Å². The highest BCUT2D eigenvalue weighted by Crippen LogP contribution is 2.38. The molecule has 0 radical (unpaired) electrons. The number of benzene rings is 1. The van der Waals surface area contributed by atoms with Gasteiger partial charge < -0.3 is 39.4 Å². The monoisotopic (exact) mass is 524 g/mol. The molecule has 1 saturated heterocycles. The molecule has 2 aliphatic rings. The molecular formula is C25H33FN2O9. The Morgan fingerprint density at radius 1 is 1.22 bits per heavy atom. The summed E-state index contributed by atoms with van der Waals surface area (Å²) in [4.78, 5) is 11.6. The summed E-state index contributed by atoms with van der Waals surface area (Å²) in [7, 11) is 0. The fourth-order valence-corrected chi connectivity index (χ4v) is 4.39. The van der Waals surface area contributed by atoms with E-state index in [1.807, 2.05) is 6.92 Å². The zero-order valence-corrected chi connectivity index (χ0v) is 21.0. The highest BCUT2D eigenvalue weighted by molar-refractivity contribution is 5.59. The molecule has 12 heteroatoms. The lowest BCUT2D eigenvalue weighted by molar-refractivity contribution is -0.423. The predicted molar refractivity (Wildman–Crippen MR) is 125 cm³/mol. The van der Waals surface area contributed by atoms with Crippen molar-refractivity contribution in [1.82, 2.24) is 9.78 Å². The van der Waals surface area contributed by atoms with Crippen molar-refractivity contribution >= 4 is 6.16 Å². The van der Waals surface area contributed by atoms with E-state index in [1.54, 1.807) is 30.7 Å². The van der Waals surface area contributed by atoms with Crippen molar-refractivity contribution in [1.29, 1.82) is 0 Å². The molecule has 0 unspecified atom stereocenters. The van der Waals surface area contributed by atoms with Crippen molar-refractivity contribution < 1.29 is 48.6 Å². The van der Waals surface area contributed by atoms with Crippen molar-refractivity contribution in [3.8, 4) is 5.88 Å². The van der Waals surface area contributed by atoms with Gasteiger partial charge in [0, 0.05) is 17.7 Å². The maximum Gasteiger partial charge on any atom is 0.508 e. The fourth-order valence-electron chi connectivity index (χ4n) is 4.39. The molecule has 1 aliphatic heterocycles. The summed E-state index contributed by atoms with van der Waals surface area (Å²) in [5.74, 6) is -3.30. The SMILES string of the molecule is CCOC(=O)OC[C@H]1O[C@@](O)(Oc2nn(C3CCC3)c(C)c2Cc2ccc(C)c(F)c2)[C@H](O)[C@@H](O)[C@@H]1O. The van der Waals surface area contributed by atoms with Gasteiger partial charge in [-0.15, -0.1) is 5.10 Å².